The molecule has 3 atom stereocenters. The molecule has 0 aromatic rings. The second-order valence-corrected chi connectivity index (χ2v) is 27.3. The molecule has 0 rings (SSSR count). The number of nitrogens with one attached hydrogen (secondary N) is 1. The number of hydrogen-bond acceptors (Lipinski definition) is 6. The second-order valence-electron chi connectivity index (χ2n) is 25.9. The van der Waals surface area contributed by atoms with Crippen LogP contribution in [0.4, 0.5) is 0 Å². The molecule has 3 unspecified atom stereocenters. The first-order chi connectivity index (χ1) is 40.0. The van der Waals surface area contributed by atoms with Crippen molar-refractivity contribution in [2.45, 2.75) is 373 Å². The molecule has 82 heavy (non-hydrogen) atoms. The van der Waals surface area contributed by atoms with Crippen molar-refractivity contribution >= 4 is 13.7 Å². The smallest absolute Gasteiger partial charge is 0.268 e. The minimum Gasteiger partial charge on any atom is -0.756 e. The number of hydrogen-bond donors (Lipinski definition) is 2. The zero-order chi connectivity index (χ0) is 59.8. The van der Waals surface area contributed by atoms with Crippen molar-refractivity contribution < 1.29 is 32.9 Å². The highest BCUT2D eigenvalue weighted by molar-refractivity contribution is 7.45. The van der Waals surface area contributed by atoms with E-state index in [9.17, 15) is 19.4 Å². The summed E-state index contributed by atoms with van der Waals surface area (Å²) in [5.41, 5.74) is 0. The lowest BCUT2D eigenvalue weighted by Gasteiger charge is -2.30. The molecule has 0 saturated heterocycles. The molecule has 0 aliphatic carbocycles. The first kappa shape index (κ1) is 80.5. The Labute approximate surface area is 511 Å². The molecule has 0 saturated carbocycles. The number of carbonyl (C=O) groups is 1. The van der Waals surface area contributed by atoms with Crippen LogP contribution in [0.5, 0.6) is 0 Å². The zero-order valence-corrected chi connectivity index (χ0v) is 56.4. The van der Waals surface area contributed by atoms with Crippen molar-refractivity contribution in [1.82, 2.24) is 5.32 Å². The van der Waals surface area contributed by atoms with Gasteiger partial charge in [-0.05, 0) is 51.4 Å². The fraction of sp³-hybridized carbons (Fsp3) is 0.877. The van der Waals surface area contributed by atoms with Crippen molar-refractivity contribution in [3.8, 4) is 0 Å². The van der Waals surface area contributed by atoms with Crippen molar-refractivity contribution in [3.63, 3.8) is 0 Å². The number of rotatable bonds is 67. The second kappa shape index (κ2) is 63.9. The summed E-state index contributed by atoms with van der Waals surface area (Å²) in [4.78, 5) is 25.7. The molecule has 8 nitrogen and oxygen atoms in total. The van der Waals surface area contributed by atoms with Gasteiger partial charge in [0, 0.05) is 6.42 Å². The van der Waals surface area contributed by atoms with Crippen molar-refractivity contribution in [3.05, 3.63) is 48.6 Å². The number of amides is 1. The van der Waals surface area contributed by atoms with Crippen LogP contribution in [0, 0.1) is 0 Å². The van der Waals surface area contributed by atoms with Crippen LogP contribution in [-0.2, 0) is 18.4 Å². The summed E-state index contributed by atoms with van der Waals surface area (Å²) in [7, 11) is 1.32. The van der Waals surface area contributed by atoms with E-state index in [0.717, 1.165) is 64.2 Å². The minimum absolute atomic E-state index is 0.0135. The molecular weight excluding hydrogens is 1030 g/mol. The van der Waals surface area contributed by atoms with Gasteiger partial charge in [0.25, 0.3) is 7.82 Å². The van der Waals surface area contributed by atoms with E-state index in [2.05, 4.69) is 67.8 Å². The van der Waals surface area contributed by atoms with Crippen LogP contribution < -0.4 is 10.2 Å². The summed E-state index contributed by atoms with van der Waals surface area (Å²) in [6.45, 7) is 4.67. The third-order valence-electron chi connectivity index (χ3n) is 16.6. The van der Waals surface area contributed by atoms with E-state index < -0.39 is 20.0 Å². The molecule has 0 aromatic heterocycles. The average molecular weight is 1170 g/mol. The third kappa shape index (κ3) is 66.0. The molecule has 0 aliphatic heterocycles. The van der Waals surface area contributed by atoms with Crippen LogP contribution in [0.3, 0.4) is 0 Å². The maximum atomic E-state index is 13.1. The highest BCUT2D eigenvalue weighted by atomic mass is 31.2. The Balaban J connectivity index is 3.99. The predicted octanol–water partition coefficient (Wildman–Crippen LogP) is 22.4. The third-order valence-corrected chi connectivity index (χ3v) is 17.5. The van der Waals surface area contributed by atoms with Crippen LogP contribution in [0.25, 0.3) is 0 Å². The number of unbranched alkanes of at least 4 members (excludes halogenated alkanes) is 46. The fourth-order valence-electron chi connectivity index (χ4n) is 11.0. The van der Waals surface area contributed by atoms with E-state index in [4.69, 9.17) is 9.05 Å². The lowest BCUT2D eigenvalue weighted by molar-refractivity contribution is -0.870. The quantitative estimate of drug-likeness (QED) is 0.0272. The Bertz CT molecular complexity index is 1480. The molecule has 9 heteroatoms. The van der Waals surface area contributed by atoms with Crippen LogP contribution in [-0.4, -0.2) is 68.5 Å². The van der Waals surface area contributed by atoms with Crippen molar-refractivity contribution in [1.29, 1.82) is 0 Å². The Morgan fingerprint density at radius 2 is 0.744 bits per heavy atom. The summed E-state index contributed by atoms with van der Waals surface area (Å²) in [6, 6.07) is -0.802. The predicted molar refractivity (Wildman–Crippen MR) is 358 cm³/mol. The summed E-state index contributed by atoms with van der Waals surface area (Å²) >= 11 is 0. The number of nitrogens with zero attached hydrogens (tertiary/aromatic N) is 1. The van der Waals surface area contributed by atoms with Gasteiger partial charge >= 0.3 is 0 Å². The summed E-state index contributed by atoms with van der Waals surface area (Å²) in [6.07, 6.45) is 86.2. The molecule has 0 aliphatic rings. The maximum absolute atomic E-state index is 13.1. The molecular formula is C73H141N2O6P. The molecule has 0 heterocycles. The van der Waals surface area contributed by atoms with Gasteiger partial charge in [0.15, 0.2) is 0 Å². The van der Waals surface area contributed by atoms with Crippen molar-refractivity contribution in [2.24, 2.45) is 0 Å². The van der Waals surface area contributed by atoms with E-state index in [1.165, 1.54) is 270 Å². The van der Waals surface area contributed by atoms with Crippen LogP contribution in [0.15, 0.2) is 48.6 Å². The molecule has 484 valence electrons. The largest absolute Gasteiger partial charge is 0.756 e. The van der Waals surface area contributed by atoms with E-state index in [0.29, 0.717) is 23.9 Å². The number of phosphoric ester groups is 1. The summed E-state index contributed by atoms with van der Waals surface area (Å²) in [5.74, 6) is -0.158. The van der Waals surface area contributed by atoms with Gasteiger partial charge in [-0.15, -0.1) is 0 Å². The van der Waals surface area contributed by atoms with E-state index in [1.54, 1.807) is 0 Å². The Morgan fingerprint density at radius 3 is 1.09 bits per heavy atom. The molecule has 0 radical (unpaired) electrons. The van der Waals surface area contributed by atoms with Gasteiger partial charge in [-0.25, -0.2) is 0 Å². The van der Waals surface area contributed by atoms with Gasteiger partial charge in [0.2, 0.25) is 5.91 Å². The fourth-order valence-corrected chi connectivity index (χ4v) is 11.8. The Morgan fingerprint density at radius 1 is 0.439 bits per heavy atom. The Hall–Kier alpha value is -1.54. The number of aliphatic hydroxyl groups excluding tert-OH is 1. The van der Waals surface area contributed by atoms with E-state index in [-0.39, 0.29) is 19.1 Å². The zero-order valence-electron chi connectivity index (χ0n) is 55.5. The number of carbonyl (C=O) groups excluding carboxylic acids is 1. The number of quaternary nitrogens is 1. The Kier molecular flexibility index (Phi) is 62.7. The van der Waals surface area contributed by atoms with Gasteiger partial charge in [0.05, 0.1) is 39.9 Å². The summed E-state index contributed by atoms with van der Waals surface area (Å²) in [5, 5.41) is 14.1. The van der Waals surface area contributed by atoms with Crippen LogP contribution in [0.1, 0.15) is 361 Å². The summed E-state index contributed by atoms with van der Waals surface area (Å²) < 4.78 is 23.6. The molecule has 0 bridgehead atoms. The average Bonchev–Trinajstić information content (AvgIpc) is 3.47. The topological polar surface area (TPSA) is 108 Å². The SMILES string of the molecule is CC/C=C\C/C=C\C/C=C\C/C=C\CCCCCCCCCCCCCCCCCCCCC(=O)NC(COP(=O)([O-])OCC[N+](C)(C)C)C(O)CCCCCCCCCCCCCCCCCCCCCCCCCCCCCCC. The molecule has 2 N–H and O–H groups in total. The normalized spacial score (nSPS) is 13.9. The molecule has 1 amide bonds. The van der Waals surface area contributed by atoms with Gasteiger partial charge < -0.3 is 28.8 Å². The van der Waals surface area contributed by atoms with Gasteiger partial charge in [-0.2, -0.15) is 0 Å². The molecule has 0 aromatic carbocycles. The van der Waals surface area contributed by atoms with Gasteiger partial charge in [0.1, 0.15) is 13.2 Å². The van der Waals surface area contributed by atoms with Crippen molar-refractivity contribution in [2.75, 3.05) is 40.9 Å². The molecule has 0 spiro atoms. The highest BCUT2D eigenvalue weighted by Gasteiger charge is 2.24. The number of phosphoric acid groups is 1. The van der Waals surface area contributed by atoms with Gasteiger partial charge in [-0.3, -0.25) is 9.36 Å². The van der Waals surface area contributed by atoms with E-state index in [1.807, 2.05) is 21.1 Å². The number of likely N-dealkylation sites (N-methyl/N-ethyl adjacent to an activating group) is 1. The van der Waals surface area contributed by atoms with Crippen LogP contribution >= 0.6 is 7.82 Å². The minimum atomic E-state index is -4.58. The molecule has 0 fully saturated rings. The number of aliphatic hydroxyl groups is 1. The lowest BCUT2D eigenvalue weighted by Crippen LogP contribution is -2.46. The lowest BCUT2D eigenvalue weighted by atomic mass is 10.0. The first-order valence-electron chi connectivity index (χ1n) is 36.0. The monoisotopic (exact) mass is 1170 g/mol. The van der Waals surface area contributed by atoms with Crippen LogP contribution in [0.2, 0.25) is 0 Å². The van der Waals surface area contributed by atoms with Gasteiger partial charge in [-0.1, -0.05) is 351 Å². The first-order valence-corrected chi connectivity index (χ1v) is 37.4. The van der Waals surface area contributed by atoms with E-state index >= 15 is 0 Å². The number of allylic oxidation sites excluding steroid dienone is 8. The highest BCUT2D eigenvalue weighted by Crippen LogP contribution is 2.38. The standard InChI is InChI=1S/C73H141N2O6P/c1-6-8-10-12-14-16-18-20-22-24-26-28-30-32-34-36-37-39-41-43-45-47-49-51-53-55-57-59-61-63-65-67-73(77)74-71(70-81-82(78,79)80-69-68-75(3,4)5)72(76)66-64-62-60-58-56-54-52-50-48-46-44-42-40-38-35-33-31-29-27-25-23-21-19-17-15-13-11-9-7-2/h8,10,14,16,20,22,26,28,71-72,76H,6-7,9,11-13,15,17-19,21,23-25,27,29-70H2,1-5H3,(H-,74,77,78,79)/b10-8-,16-14-,22-20-,28-26-. The maximum Gasteiger partial charge on any atom is 0.268 e.